The summed E-state index contributed by atoms with van der Waals surface area (Å²) in [5.74, 6) is 0.655. The molecule has 1 atom stereocenters. The standard InChI is InChI=1S/C23H26F3N3O2/c24-23(25,26)20-5-1-19(2-6-20)15-28-11-13-29(14-12-28)16-21(30)17-31-22-7-3-18(4-8-22)9-10-27/h1-8,21,30H,9,11-17H2/t21-/m1/s1. The summed E-state index contributed by atoms with van der Waals surface area (Å²) >= 11 is 0. The van der Waals surface area contributed by atoms with Crippen LogP contribution in [0.4, 0.5) is 13.2 Å². The normalized spacial score (nSPS) is 16.6. The number of halogens is 3. The monoisotopic (exact) mass is 433 g/mol. The van der Waals surface area contributed by atoms with Gasteiger partial charge in [0.2, 0.25) is 0 Å². The van der Waals surface area contributed by atoms with E-state index in [0.29, 0.717) is 25.3 Å². The Morgan fingerprint density at radius 2 is 1.52 bits per heavy atom. The highest BCUT2D eigenvalue weighted by atomic mass is 19.4. The third-order valence-corrected chi connectivity index (χ3v) is 5.27. The SMILES string of the molecule is N#CCc1ccc(OC[C@H](O)CN2CCN(Cc3ccc(C(F)(F)F)cc3)CC2)cc1. The van der Waals surface area contributed by atoms with E-state index >= 15 is 0 Å². The Kier molecular flexibility index (Phi) is 7.91. The van der Waals surface area contributed by atoms with Crippen molar-refractivity contribution in [3.63, 3.8) is 0 Å². The average molecular weight is 433 g/mol. The summed E-state index contributed by atoms with van der Waals surface area (Å²) in [4.78, 5) is 4.36. The number of nitrogens with zero attached hydrogens (tertiary/aromatic N) is 3. The lowest BCUT2D eigenvalue weighted by atomic mass is 10.1. The molecule has 1 N–H and O–H groups in total. The molecule has 0 radical (unpaired) electrons. The first-order valence-electron chi connectivity index (χ1n) is 10.2. The quantitative estimate of drug-likeness (QED) is 0.692. The molecule has 0 bridgehead atoms. The zero-order valence-corrected chi connectivity index (χ0v) is 17.2. The van der Waals surface area contributed by atoms with Crippen LogP contribution in [0, 0.1) is 11.3 Å². The number of hydrogen-bond donors (Lipinski definition) is 1. The molecule has 2 aromatic rings. The molecule has 2 aromatic carbocycles. The van der Waals surface area contributed by atoms with Crippen LogP contribution in [-0.4, -0.2) is 60.3 Å². The summed E-state index contributed by atoms with van der Waals surface area (Å²) in [6.45, 7) is 4.43. The predicted molar refractivity (Wildman–Crippen MR) is 110 cm³/mol. The summed E-state index contributed by atoms with van der Waals surface area (Å²) in [6, 6.07) is 14.7. The van der Waals surface area contributed by atoms with Crippen molar-refractivity contribution < 1.29 is 23.0 Å². The maximum Gasteiger partial charge on any atom is 0.416 e. The van der Waals surface area contributed by atoms with Gasteiger partial charge in [-0.15, -0.1) is 0 Å². The van der Waals surface area contributed by atoms with Crippen LogP contribution in [0.5, 0.6) is 5.75 Å². The molecule has 1 aliphatic heterocycles. The highest BCUT2D eigenvalue weighted by Crippen LogP contribution is 2.29. The van der Waals surface area contributed by atoms with Gasteiger partial charge in [0.25, 0.3) is 0 Å². The van der Waals surface area contributed by atoms with E-state index in [0.717, 1.165) is 49.4 Å². The highest BCUT2D eigenvalue weighted by Gasteiger charge is 2.30. The van der Waals surface area contributed by atoms with Gasteiger partial charge in [0, 0.05) is 39.3 Å². The molecule has 166 valence electrons. The first kappa shape index (κ1) is 23.1. The van der Waals surface area contributed by atoms with E-state index in [1.807, 2.05) is 12.1 Å². The third-order valence-electron chi connectivity index (χ3n) is 5.27. The van der Waals surface area contributed by atoms with E-state index in [1.54, 1.807) is 12.1 Å². The first-order valence-corrected chi connectivity index (χ1v) is 10.2. The lowest BCUT2D eigenvalue weighted by Gasteiger charge is -2.35. The Hall–Kier alpha value is -2.60. The second kappa shape index (κ2) is 10.6. The van der Waals surface area contributed by atoms with Crippen LogP contribution >= 0.6 is 0 Å². The number of hydrogen-bond acceptors (Lipinski definition) is 5. The molecule has 1 aliphatic rings. The molecule has 1 heterocycles. The van der Waals surface area contributed by atoms with Gasteiger partial charge < -0.3 is 9.84 Å². The van der Waals surface area contributed by atoms with Gasteiger partial charge in [-0.25, -0.2) is 0 Å². The van der Waals surface area contributed by atoms with Gasteiger partial charge in [-0.05, 0) is 35.4 Å². The van der Waals surface area contributed by atoms with Gasteiger partial charge in [0.15, 0.2) is 0 Å². The van der Waals surface area contributed by atoms with Crippen molar-refractivity contribution >= 4 is 0 Å². The summed E-state index contributed by atoms with van der Waals surface area (Å²) in [7, 11) is 0. The van der Waals surface area contributed by atoms with Gasteiger partial charge in [-0.3, -0.25) is 9.80 Å². The molecule has 3 rings (SSSR count). The second-order valence-electron chi connectivity index (χ2n) is 7.72. The molecule has 0 saturated carbocycles. The molecule has 1 fully saturated rings. The number of aliphatic hydroxyl groups excluding tert-OH is 1. The fourth-order valence-corrected chi connectivity index (χ4v) is 3.53. The van der Waals surface area contributed by atoms with Crippen LogP contribution in [0.2, 0.25) is 0 Å². The van der Waals surface area contributed by atoms with E-state index in [9.17, 15) is 18.3 Å². The Labute approximate surface area is 180 Å². The Morgan fingerprint density at radius 1 is 0.935 bits per heavy atom. The number of β-amino-alcohol motifs (C(OH)–C–C–N with tert-alkyl or cyclic N) is 1. The molecular formula is C23H26F3N3O2. The molecular weight excluding hydrogens is 407 g/mol. The minimum Gasteiger partial charge on any atom is -0.491 e. The Balaban J connectivity index is 1.37. The minimum atomic E-state index is -4.31. The molecule has 0 spiro atoms. The van der Waals surface area contributed by atoms with Crippen LogP contribution in [0.3, 0.4) is 0 Å². The van der Waals surface area contributed by atoms with E-state index in [2.05, 4.69) is 15.9 Å². The van der Waals surface area contributed by atoms with E-state index < -0.39 is 17.8 Å². The summed E-state index contributed by atoms with van der Waals surface area (Å²) < 4.78 is 43.6. The van der Waals surface area contributed by atoms with Crippen molar-refractivity contribution in [2.75, 3.05) is 39.3 Å². The number of nitriles is 1. The highest BCUT2D eigenvalue weighted by molar-refractivity contribution is 5.28. The zero-order chi connectivity index (χ0) is 22.3. The number of alkyl halides is 3. The van der Waals surface area contributed by atoms with Gasteiger partial charge in [-0.1, -0.05) is 24.3 Å². The number of aliphatic hydroxyl groups is 1. The van der Waals surface area contributed by atoms with Crippen molar-refractivity contribution in [2.45, 2.75) is 25.2 Å². The molecule has 5 nitrogen and oxygen atoms in total. The fourth-order valence-electron chi connectivity index (χ4n) is 3.53. The van der Waals surface area contributed by atoms with E-state index in [-0.39, 0.29) is 6.61 Å². The van der Waals surface area contributed by atoms with Crippen molar-refractivity contribution in [3.8, 4) is 11.8 Å². The number of benzene rings is 2. The van der Waals surface area contributed by atoms with Crippen LogP contribution < -0.4 is 4.74 Å². The zero-order valence-electron chi connectivity index (χ0n) is 17.2. The molecule has 8 heteroatoms. The van der Waals surface area contributed by atoms with Crippen LogP contribution in [0.1, 0.15) is 16.7 Å². The summed E-state index contributed by atoms with van der Waals surface area (Å²) in [5.41, 5.74) is 1.15. The molecule has 0 aromatic heterocycles. The summed E-state index contributed by atoms with van der Waals surface area (Å²) in [6.07, 6.45) is -4.58. The molecule has 31 heavy (non-hydrogen) atoms. The van der Waals surface area contributed by atoms with Gasteiger partial charge in [0.05, 0.1) is 18.1 Å². The smallest absolute Gasteiger partial charge is 0.416 e. The molecule has 1 saturated heterocycles. The Morgan fingerprint density at radius 3 is 2.10 bits per heavy atom. The molecule has 0 amide bonds. The minimum absolute atomic E-state index is 0.184. The van der Waals surface area contributed by atoms with Crippen molar-refractivity contribution in [3.05, 3.63) is 65.2 Å². The summed E-state index contributed by atoms with van der Waals surface area (Å²) in [5, 5.41) is 19.0. The van der Waals surface area contributed by atoms with Crippen molar-refractivity contribution in [1.29, 1.82) is 5.26 Å². The average Bonchev–Trinajstić information content (AvgIpc) is 2.75. The predicted octanol–water partition coefficient (Wildman–Crippen LogP) is 3.33. The van der Waals surface area contributed by atoms with Crippen LogP contribution in [-0.2, 0) is 19.1 Å². The topological polar surface area (TPSA) is 59.7 Å². The lowest BCUT2D eigenvalue weighted by Crippen LogP contribution is -2.48. The van der Waals surface area contributed by atoms with Crippen LogP contribution in [0.15, 0.2) is 48.5 Å². The van der Waals surface area contributed by atoms with Crippen molar-refractivity contribution in [2.24, 2.45) is 0 Å². The third kappa shape index (κ3) is 7.24. The largest absolute Gasteiger partial charge is 0.491 e. The second-order valence-corrected chi connectivity index (χ2v) is 7.72. The molecule has 0 aliphatic carbocycles. The van der Waals surface area contributed by atoms with Gasteiger partial charge >= 0.3 is 6.18 Å². The fraction of sp³-hybridized carbons (Fsp3) is 0.435. The number of rotatable bonds is 8. The Bertz CT molecular complexity index is 856. The van der Waals surface area contributed by atoms with Crippen molar-refractivity contribution in [1.82, 2.24) is 9.80 Å². The number of ether oxygens (including phenoxy) is 1. The maximum absolute atomic E-state index is 12.7. The van der Waals surface area contributed by atoms with Crippen LogP contribution in [0.25, 0.3) is 0 Å². The molecule has 0 unspecified atom stereocenters. The van der Waals surface area contributed by atoms with E-state index in [4.69, 9.17) is 10.00 Å². The van der Waals surface area contributed by atoms with Gasteiger partial charge in [-0.2, -0.15) is 18.4 Å². The lowest BCUT2D eigenvalue weighted by molar-refractivity contribution is -0.137. The van der Waals surface area contributed by atoms with E-state index in [1.165, 1.54) is 12.1 Å². The first-order chi connectivity index (χ1) is 14.8. The maximum atomic E-state index is 12.7. The van der Waals surface area contributed by atoms with Gasteiger partial charge in [0.1, 0.15) is 18.5 Å². The number of piperazine rings is 1.